The first-order valence-electron chi connectivity index (χ1n) is 7.13. The van der Waals surface area contributed by atoms with Gasteiger partial charge in [-0.25, -0.2) is 0 Å². The van der Waals surface area contributed by atoms with Gasteiger partial charge in [-0.2, -0.15) is 0 Å². The van der Waals surface area contributed by atoms with Crippen molar-refractivity contribution in [3.05, 3.63) is 19.2 Å². The fourth-order valence-electron chi connectivity index (χ4n) is 3.15. The molecule has 3 heterocycles. The molecule has 3 nitrogen and oxygen atoms in total. The van der Waals surface area contributed by atoms with Crippen molar-refractivity contribution in [3.63, 3.8) is 0 Å². The molecule has 0 aromatic carbocycles. The first kappa shape index (κ1) is 15.0. The number of hydrogen-bond acceptors (Lipinski definition) is 3. The van der Waals surface area contributed by atoms with Crippen molar-refractivity contribution in [2.24, 2.45) is 0 Å². The highest BCUT2D eigenvalue weighted by atomic mass is 79.9. The lowest BCUT2D eigenvalue weighted by molar-refractivity contribution is 0.0649. The van der Waals surface area contributed by atoms with E-state index in [0.717, 1.165) is 39.1 Å². The topological polar surface area (TPSA) is 23.6 Å². The van der Waals surface area contributed by atoms with E-state index in [2.05, 4.69) is 36.8 Å². The van der Waals surface area contributed by atoms with Crippen LogP contribution in [0.2, 0.25) is 0 Å². The third-order valence-electron chi connectivity index (χ3n) is 4.26. The summed E-state index contributed by atoms with van der Waals surface area (Å²) in [5.74, 6) is 0.182. The summed E-state index contributed by atoms with van der Waals surface area (Å²) in [7, 11) is 0. The number of hydrogen-bond donors (Lipinski definition) is 0. The average Bonchev–Trinajstić information content (AvgIpc) is 3.09. The first-order valence-corrected chi connectivity index (χ1v) is 9.53. The maximum Gasteiger partial charge on any atom is 0.264 e. The minimum atomic E-state index is 0.182. The molecule has 0 aliphatic carbocycles. The standard InChI is InChI=1S/C14H18Br2N2OS/c15-11-9-12(20-13(11)16)14(19)18-7-3-10(4-8-18)17-5-1-2-6-17/h9-10H,1-8H2. The lowest BCUT2D eigenvalue weighted by Crippen LogP contribution is -2.45. The zero-order chi connectivity index (χ0) is 14.1. The van der Waals surface area contributed by atoms with E-state index in [-0.39, 0.29) is 5.91 Å². The summed E-state index contributed by atoms with van der Waals surface area (Å²) in [6, 6.07) is 2.62. The van der Waals surface area contributed by atoms with Crippen molar-refractivity contribution in [1.82, 2.24) is 9.80 Å². The SMILES string of the molecule is O=C(c1cc(Br)c(Br)s1)N1CCC(N2CCCC2)CC1. The Balaban J connectivity index is 1.58. The predicted molar refractivity (Wildman–Crippen MR) is 89.5 cm³/mol. The van der Waals surface area contributed by atoms with E-state index < -0.39 is 0 Å². The Morgan fingerprint density at radius 3 is 2.35 bits per heavy atom. The van der Waals surface area contributed by atoms with E-state index in [1.165, 1.54) is 37.3 Å². The lowest BCUT2D eigenvalue weighted by Gasteiger charge is -2.36. The highest BCUT2D eigenvalue weighted by molar-refractivity contribution is 9.13. The summed E-state index contributed by atoms with van der Waals surface area (Å²) >= 11 is 8.42. The van der Waals surface area contributed by atoms with Crippen molar-refractivity contribution in [3.8, 4) is 0 Å². The molecule has 1 amide bonds. The van der Waals surface area contributed by atoms with Crippen LogP contribution in [0.25, 0.3) is 0 Å². The summed E-state index contributed by atoms with van der Waals surface area (Å²) < 4.78 is 1.96. The summed E-state index contributed by atoms with van der Waals surface area (Å²) in [6.45, 7) is 4.30. The molecule has 20 heavy (non-hydrogen) atoms. The van der Waals surface area contributed by atoms with E-state index in [1.54, 1.807) is 0 Å². The number of nitrogens with zero attached hydrogens (tertiary/aromatic N) is 2. The summed E-state index contributed by atoms with van der Waals surface area (Å²) in [5.41, 5.74) is 0. The van der Waals surface area contributed by atoms with Crippen LogP contribution >= 0.6 is 43.2 Å². The Hall–Kier alpha value is 0.0900. The Morgan fingerprint density at radius 2 is 1.80 bits per heavy atom. The lowest BCUT2D eigenvalue weighted by atomic mass is 10.0. The summed E-state index contributed by atoms with van der Waals surface area (Å²) in [5, 5.41) is 0. The minimum Gasteiger partial charge on any atom is -0.338 e. The van der Waals surface area contributed by atoms with Gasteiger partial charge in [-0.1, -0.05) is 0 Å². The molecule has 2 saturated heterocycles. The molecular formula is C14H18Br2N2OS. The molecule has 6 heteroatoms. The van der Waals surface area contributed by atoms with Crippen molar-refractivity contribution in [1.29, 1.82) is 0 Å². The van der Waals surface area contributed by atoms with Crippen molar-refractivity contribution >= 4 is 49.1 Å². The second-order valence-electron chi connectivity index (χ2n) is 5.50. The number of piperidine rings is 1. The van der Waals surface area contributed by atoms with Gasteiger partial charge >= 0.3 is 0 Å². The number of carbonyl (C=O) groups excluding carboxylic acids is 1. The quantitative estimate of drug-likeness (QED) is 0.721. The van der Waals surface area contributed by atoms with Gasteiger partial charge in [0.15, 0.2) is 0 Å². The molecule has 2 aliphatic heterocycles. The maximum atomic E-state index is 12.5. The van der Waals surface area contributed by atoms with Crippen LogP contribution in [-0.4, -0.2) is 47.9 Å². The molecule has 0 saturated carbocycles. The number of likely N-dealkylation sites (tertiary alicyclic amines) is 2. The van der Waals surface area contributed by atoms with Gasteiger partial charge < -0.3 is 9.80 Å². The second-order valence-corrected chi connectivity index (χ2v) is 8.72. The number of amides is 1. The Bertz CT molecular complexity index is 472. The van der Waals surface area contributed by atoms with Crippen LogP contribution in [0.15, 0.2) is 14.3 Å². The van der Waals surface area contributed by atoms with E-state index in [4.69, 9.17) is 0 Å². The first-order chi connectivity index (χ1) is 9.65. The molecule has 0 radical (unpaired) electrons. The largest absolute Gasteiger partial charge is 0.338 e. The zero-order valence-corrected chi connectivity index (χ0v) is 15.3. The fourth-order valence-corrected chi connectivity index (χ4v) is 5.15. The van der Waals surface area contributed by atoms with Crippen LogP contribution in [0.3, 0.4) is 0 Å². The van der Waals surface area contributed by atoms with Crippen LogP contribution in [0.4, 0.5) is 0 Å². The average molecular weight is 422 g/mol. The van der Waals surface area contributed by atoms with Gasteiger partial charge in [0.1, 0.15) is 0 Å². The molecule has 0 bridgehead atoms. The van der Waals surface area contributed by atoms with Crippen LogP contribution in [0.1, 0.15) is 35.4 Å². The molecule has 0 atom stereocenters. The van der Waals surface area contributed by atoms with E-state index in [1.807, 2.05) is 11.0 Å². The van der Waals surface area contributed by atoms with E-state index in [9.17, 15) is 4.79 Å². The Labute approximate surface area is 140 Å². The van der Waals surface area contributed by atoms with Crippen molar-refractivity contribution in [2.75, 3.05) is 26.2 Å². The molecule has 1 aromatic rings. The van der Waals surface area contributed by atoms with Gasteiger partial charge in [0.2, 0.25) is 0 Å². The van der Waals surface area contributed by atoms with Gasteiger partial charge in [0.05, 0.1) is 8.66 Å². The summed E-state index contributed by atoms with van der Waals surface area (Å²) in [6.07, 6.45) is 4.94. The molecule has 2 aliphatic rings. The van der Waals surface area contributed by atoms with Crippen molar-refractivity contribution < 1.29 is 4.79 Å². The molecule has 0 spiro atoms. The van der Waals surface area contributed by atoms with Gasteiger partial charge in [0, 0.05) is 23.6 Å². The van der Waals surface area contributed by atoms with E-state index in [0.29, 0.717) is 6.04 Å². The number of carbonyl (C=O) groups is 1. The smallest absolute Gasteiger partial charge is 0.264 e. The third kappa shape index (κ3) is 3.13. The fraction of sp³-hybridized carbons (Fsp3) is 0.643. The molecule has 1 aromatic heterocycles. The molecule has 110 valence electrons. The van der Waals surface area contributed by atoms with Gasteiger partial charge in [-0.15, -0.1) is 11.3 Å². The summed E-state index contributed by atoms with van der Waals surface area (Å²) in [4.78, 5) is 17.9. The normalized spacial score (nSPS) is 21.6. The number of thiophene rings is 1. The number of rotatable bonds is 2. The maximum absolute atomic E-state index is 12.5. The van der Waals surface area contributed by atoms with E-state index >= 15 is 0 Å². The Kier molecular flexibility index (Phi) is 4.85. The van der Waals surface area contributed by atoms with Gasteiger partial charge in [-0.3, -0.25) is 4.79 Å². The molecule has 0 unspecified atom stereocenters. The molecule has 0 N–H and O–H groups in total. The molecule has 3 rings (SSSR count). The number of halogens is 2. The highest BCUT2D eigenvalue weighted by Gasteiger charge is 2.29. The van der Waals surface area contributed by atoms with Crippen LogP contribution in [-0.2, 0) is 0 Å². The van der Waals surface area contributed by atoms with Crippen LogP contribution in [0.5, 0.6) is 0 Å². The second kappa shape index (κ2) is 6.46. The van der Waals surface area contributed by atoms with Crippen molar-refractivity contribution in [2.45, 2.75) is 31.7 Å². The molecule has 2 fully saturated rings. The monoisotopic (exact) mass is 420 g/mol. The predicted octanol–water partition coefficient (Wildman–Crippen LogP) is 3.97. The Morgan fingerprint density at radius 1 is 1.15 bits per heavy atom. The highest BCUT2D eigenvalue weighted by Crippen LogP contribution is 2.33. The zero-order valence-electron chi connectivity index (χ0n) is 11.3. The molecular weight excluding hydrogens is 404 g/mol. The van der Waals surface area contributed by atoms with Gasteiger partial charge in [-0.05, 0) is 76.7 Å². The minimum absolute atomic E-state index is 0.182. The van der Waals surface area contributed by atoms with Gasteiger partial charge in [0.25, 0.3) is 5.91 Å². The van der Waals surface area contributed by atoms with Crippen LogP contribution in [0, 0.1) is 0 Å². The van der Waals surface area contributed by atoms with Crippen LogP contribution < -0.4 is 0 Å². The third-order valence-corrected chi connectivity index (χ3v) is 7.51.